The summed E-state index contributed by atoms with van der Waals surface area (Å²) in [6, 6.07) is 11.4. The molecule has 0 unspecified atom stereocenters. The van der Waals surface area contributed by atoms with Crippen molar-refractivity contribution in [2.24, 2.45) is 0 Å². The molecule has 0 aromatic heterocycles. The second-order valence-electron chi connectivity index (χ2n) is 9.27. The largest absolute Gasteiger partial charge is 0.483 e. The third kappa shape index (κ3) is 7.05. The van der Waals surface area contributed by atoms with Gasteiger partial charge in [0.2, 0.25) is 5.91 Å². The summed E-state index contributed by atoms with van der Waals surface area (Å²) < 4.78 is 20.9. The summed E-state index contributed by atoms with van der Waals surface area (Å²) in [4.78, 5) is 27.7. The molecule has 2 aromatic rings. The molecule has 1 fully saturated rings. The lowest BCUT2D eigenvalue weighted by atomic mass is 9.95. The molecule has 1 aliphatic carbocycles. The maximum atomic E-state index is 14.4. The van der Waals surface area contributed by atoms with Crippen LogP contribution in [0.1, 0.15) is 69.9 Å². The molecule has 1 N–H and O–H groups in total. The second kappa shape index (κ2) is 12.3. The van der Waals surface area contributed by atoms with Crippen LogP contribution in [0.4, 0.5) is 4.39 Å². The van der Waals surface area contributed by atoms with E-state index in [0.29, 0.717) is 17.2 Å². The summed E-state index contributed by atoms with van der Waals surface area (Å²) in [5.41, 5.74) is 1.51. The zero-order chi connectivity index (χ0) is 24.7. The lowest BCUT2D eigenvalue weighted by Crippen LogP contribution is -2.51. The zero-order valence-corrected chi connectivity index (χ0v) is 21.7. The van der Waals surface area contributed by atoms with E-state index in [-0.39, 0.29) is 31.0 Å². The molecule has 1 atom stereocenters. The van der Waals surface area contributed by atoms with E-state index in [2.05, 4.69) is 35.1 Å². The molecule has 0 bridgehead atoms. The van der Waals surface area contributed by atoms with E-state index < -0.39 is 11.9 Å². The average molecular weight is 533 g/mol. The maximum absolute atomic E-state index is 14.4. The number of halogens is 2. The van der Waals surface area contributed by atoms with Crippen molar-refractivity contribution in [1.82, 2.24) is 10.2 Å². The number of rotatable bonds is 9. The van der Waals surface area contributed by atoms with Gasteiger partial charge in [0.15, 0.2) is 6.61 Å². The Labute approximate surface area is 210 Å². The number of hydrogen-bond acceptors (Lipinski definition) is 3. The fraction of sp³-hybridized carbons (Fsp3) is 0.481. The third-order valence-corrected chi connectivity index (χ3v) is 7.01. The number of carbonyl (C=O) groups excluding carboxylic acids is 2. The van der Waals surface area contributed by atoms with Gasteiger partial charge in [-0.15, -0.1) is 0 Å². The summed E-state index contributed by atoms with van der Waals surface area (Å²) >= 11 is 3.51. The molecule has 0 saturated heterocycles. The third-order valence-electron chi connectivity index (χ3n) is 6.39. The van der Waals surface area contributed by atoms with Crippen LogP contribution in [0, 0.1) is 5.82 Å². The number of carbonyl (C=O) groups is 2. The van der Waals surface area contributed by atoms with E-state index in [4.69, 9.17) is 4.74 Å². The molecule has 0 spiro atoms. The maximum Gasteiger partial charge on any atom is 0.261 e. The van der Waals surface area contributed by atoms with Crippen LogP contribution in [0.3, 0.4) is 0 Å². The smallest absolute Gasteiger partial charge is 0.261 e. The van der Waals surface area contributed by atoms with Gasteiger partial charge in [-0.2, -0.15) is 0 Å². The first-order valence-corrected chi connectivity index (χ1v) is 12.8. The van der Waals surface area contributed by atoms with E-state index in [1.807, 2.05) is 18.2 Å². The fourth-order valence-electron chi connectivity index (χ4n) is 4.18. The Balaban J connectivity index is 1.73. The molecule has 7 heteroatoms. The van der Waals surface area contributed by atoms with Crippen LogP contribution < -0.4 is 10.1 Å². The Morgan fingerprint density at radius 1 is 1.12 bits per heavy atom. The van der Waals surface area contributed by atoms with Crippen molar-refractivity contribution in [3.05, 3.63) is 63.9 Å². The summed E-state index contributed by atoms with van der Waals surface area (Å²) in [5, 5.41) is 3.08. The molecule has 34 heavy (non-hydrogen) atoms. The lowest BCUT2D eigenvalue weighted by Gasteiger charge is -2.31. The molecule has 0 aliphatic heterocycles. The molecule has 5 nitrogen and oxygen atoms in total. The van der Waals surface area contributed by atoms with Gasteiger partial charge >= 0.3 is 0 Å². The SMILES string of the molecule is CC(C)c1ccc(OCC(=O)N(Cc2ccccc2F)[C@@H](C)C(=O)NC2CCCCC2)c(Br)c1. The van der Waals surface area contributed by atoms with Gasteiger partial charge in [0.1, 0.15) is 17.6 Å². The van der Waals surface area contributed by atoms with E-state index >= 15 is 0 Å². The van der Waals surface area contributed by atoms with E-state index in [0.717, 1.165) is 35.7 Å². The van der Waals surface area contributed by atoms with Crippen LogP contribution in [-0.4, -0.2) is 35.4 Å². The Morgan fingerprint density at radius 3 is 2.47 bits per heavy atom. The van der Waals surface area contributed by atoms with Crippen LogP contribution in [0.25, 0.3) is 0 Å². The van der Waals surface area contributed by atoms with E-state index in [1.165, 1.54) is 17.4 Å². The van der Waals surface area contributed by atoms with Gasteiger partial charge in [-0.05, 0) is 65.4 Å². The number of hydrogen-bond donors (Lipinski definition) is 1. The number of nitrogens with zero attached hydrogens (tertiary/aromatic N) is 1. The van der Waals surface area contributed by atoms with Gasteiger partial charge in [-0.25, -0.2) is 4.39 Å². The molecule has 0 heterocycles. The first-order chi connectivity index (χ1) is 16.3. The molecule has 1 aliphatic rings. The van der Waals surface area contributed by atoms with Crippen LogP contribution in [0.15, 0.2) is 46.9 Å². The normalized spacial score (nSPS) is 15.1. The number of benzene rings is 2. The molecule has 184 valence electrons. The summed E-state index contributed by atoms with van der Waals surface area (Å²) in [6.45, 7) is 5.62. The summed E-state index contributed by atoms with van der Waals surface area (Å²) in [5.74, 6) is -0.101. The zero-order valence-electron chi connectivity index (χ0n) is 20.2. The standard InChI is InChI=1S/C27H34BrFN2O3/c1-18(2)20-13-14-25(23(28)15-20)34-17-26(32)31(16-21-9-7-8-12-24(21)29)19(3)27(33)30-22-10-5-4-6-11-22/h7-9,12-15,18-19,22H,4-6,10-11,16-17H2,1-3H3,(H,30,33)/t19-/m0/s1. The van der Waals surface area contributed by atoms with Gasteiger partial charge in [0, 0.05) is 18.2 Å². The fourth-order valence-corrected chi connectivity index (χ4v) is 4.69. The van der Waals surface area contributed by atoms with E-state index in [1.54, 1.807) is 25.1 Å². The molecule has 2 amide bonds. The summed E-state index contributed by atoms with van der Waals surface area (Å²) in [6.07, 6.45) is 5.27. The van der Waals surface area contributed by atoms with Crippen molar-refractivity contribution in [3.8, 4) is 5.75 Å². The predicted octanol–water partition coefficient (Wildman–Crippen LogP) is 5.96. The van der Waals surface area contributed by atoms with Crippen molar-refractivity contribution in [2.75, 3.05) is 6.61 Å². The van der Waals surface area contributed by atoms with Crippen LogP contribution in [0.5, 0.6) is 5.75 Å². The van der Waals surface area contributed by atoms with Gasteiger partial charge in [-0.1, -0.05) is 57.4 Å². The van der Waals surface area contributed by atoms with Gasteiger partial charge < -0.3 is 15.0 Å². The van der Waals surface area contributed by atoms with Crippen molar-refractivity contribution in [3.63, 3.8) is 0 Å². The van der Waals surface area contributed by atoms with Gasteiger partial charge in [0.05, 0.1) is 4.47 Å². The highest BCUT2D eigenvalue weighted by Gasteiger charge is 2.29. The Morgan fingerprint density at radius 2 is 1.82 bits per heavy atom. The Hall–Kier alpha value is -2.41. The Bertz CT molecular complexity index is 992. The molecular weight excluding hydrogens is 499 g/mol. The lowest BCUT2D eigenvalue weighted by molar-refractivity contribution is -0.142. The van der Waals surface area contributed by atoms with Gasteiger partial charge in [-0.3, -0.25) is 9.59 Å². The van der Waals surface area contributed by atoms with Crippen molar-refractivity contribution < 1.29 is 18.7 Å². The molecule has 1 saturated carbocycles. The average Bonchev–Trinajstić information content (AvgIpc) is 2.82. The minimum atomic E-state index is -0.760. The van der Waals surface area contributed by atoms with Crippen molar-refractivity contribution in [1.29, 1.82) is 0 Å². The Kier molecular flexibility index (Phi) is 9.51. The highest BCUT2D eigenvalue weighted by Crippen LogP contribution is 2.29. The topological polar surface area (TPSA) is 58.6 Å². The minimum absolute atomic E-state index is 0.0123. The molecule has 2 aromatic carbocycles. The van der Waals surface area contributed by atoms with Crippen LogP contribution in [-0.2, 0) is 16.1 Å². The molecule has 3 rings (SSSR count). The summed E-state index contributed by atoms with van der Waals surface area (Å²) in [7, 11) is 0. The number of nitrogens with one attached hydrogen (secondary N) is 1. The molecular formula is C27H34BrFN2O3. The van der Waals surface area contributed by atoms with Crippen LogP contribution >= 0.6 is 15.9 Å². The highest BCUT2D eigenvalue weighted by atomic mass is 79.9. The predicted molar refractivity (Wildman–Crippen MR) is 135 cm³/mol. The monoisotopic (exact) mass is 532 g/mol. The van der Waals surface area contributed by atoms with Crippen molar-refractivity contribution >= 4 is 27.7 Å². The number of amides is 2. The highest BCUT2D eigenvalue weighted by molar-refractivity contribution is 9.10. The molecule has 0 radical (unpaired) electrons. The number of ether oxygens (including phenoxy) is 1. The van der Waals surface area contributed by atoms with Crippen LogP contribution in [0.2, 0.25) is 0 Å². The van der Waals surface area contributed by atoms with Crippen molar-refractivity contribution in [2.45, 2.75) is 77.4 Å². The van der Waals surface area contributed by atoms with Gasteiger partial charge in [0.25, 0.3) is 5.91 Å². The minimum Gasteiger partial charge on any atom is -0.483 e. The first kappa shape index (κ1) is 26.2. The van der Waals surface area contributed by atoms with E-state index in [9.17, 15) is 14.0 Å². The second-order valence-corrected chi connectivity index (χ2v) is 10.1. The quantitative estimate of drug-likeness (QED) is 0.433. The first-order valence-electron chi connectivity index (χ1n) is 12.0.